The zero-order chi connectivity index (χ0) is 15.5. The highest BCUT2D eigenvalue weighted by atomic mass is 35.5. The summed E-state index contributed by atoms with van der Waals surface area (Å²) in [6, 6.07) is 10.4. The first kappa shape index (κ1) is 15.3. The van der Waals surface area contributed by atoms with E-state index in [1.165, 1.54) is 24.3 Å². The van der Waals surface area contributed by atoms with Gasteiger partial charge in [0, 0.05) is 16.3 Å². The van der Waals surface area contributed by atoms with Crippen LogP contribution in [0.15, 0.2) is 42.5 Å². The molecular formula is C14H11ClF3NO2. The highest BCUT2D eigenvalue weighted by molar-refractivity contribution is 6.31. The molecule has 0 fully saturated rings. The van der Waals surface area contributed by atoms with E-state index in [0.29, 0.717) is 16.3 Å². The molecule has 7 heteroatoms. The van der Waals surface area contributed by atoms with Gasteiger partial charge in [-0.15, -0.1) is 13.2 Å². The zero-order valence-electron chi connectivity index (χ0n) is 10.7. The minimum atomic E-state index is -4.79. The Morgan fingerprint density at radius 1 is 1.00 bits per heavy atom. The van der Waals surface area contributed by atoms with Gasteiger partial charge < -0.3 is 15.2 Å². The highest BCUT2D eigenvalue weighted by Gasteiger charge is 2.32. The number of hydrogen-bond acceptors (Lipinski definition) is 3. The first-order valence-electron chi connectivity index (χ1n) is 5.87. The molecule has 0 bridgehead atoms. The second-order valence-corrected chi connectivity index (χ2v) is 4.50. The van der Waals surface area contributed by atoms with Crippen LogP contribution in [-0.2, 0) is 6.61 Å². The van der Waals surface area contributed by atoms with E-state index in [1.807, 2.05) is 0 Å². The molecule has 0 aliphatic heterocycles. The third kappa shape index (κ3) is 4.19. The van der Waals surface area contributed by atoms with Crippen LogP contribution in [0.3, 0.4) is 0 Å². The molecule has 0 aromatic heterocycles. The van der Waals surface area contributed by atoms with Crippen LogP contribution >= 0.6 is 11.6 Å². The minimum Gasteiger partial charge on any atom is -0.485 e. The molecule has 0 saturated heterocycles. The predicted octanol–water partition coefficient (Wildman–Crippen LogP) is 4.40. The van der Waals surface area contributed by atoms with E-state index in [0.717, 1.165) is 0 Å². The smallest absolute Gasteiger partial charge is 0.485 e. The highest BCUT2D eigenvalue weighted by Crippen LogP contribution is 2.33. The molecule has 0 heterocycles. The van der Waals surface area contributed by atoms with E-state index < -0.39 is 12.1 Å². The van der Waals surface area contributed by atoms with Crippen molar-refractivity contribution in [2.45, 2.75) is 13.0 Å². The molecule has 0 amide bonds. The fourth-order valence-corrected chi connectivity index (χ4v) is 1.89. The molecule has 21 heavy (non-hydrogen) atoms. The van der Waals surface area contributed by atoms with Crippen molar-refractivity contribution >= 4 is 17.3 Å². The summed E-state index contributed by atoms with van der Waals surface area (Å²) in [6.07, 6.45) is -4.79. The van der Waals surface area contributed by atoms with Crippen LogP contribution < -0.4 is 15.2 Å². The van der Waals surface area contributed by atoms with Crippen LogP contribution in [0.4, 0.5) is 18.9 Å². The Labute approximate surface area is 124 Å². The Morgan fingerprint density at radius 3 is 2.29 bits per heavy atom. The van der Waals surface area contributed by atoms with Gasteiger partial charge in [0.05, 0.1) is 0 Å². The summed E-state index contributed by atoms with van der Waals surface area (Å²) in [5.74, 6) is -0.468. The van der Waals surface area contributed by atoms with Crippen molar-refractivity contribution in [3.05, 3.63) is 53.1 Å². The molecule has 2 aromatic carbocycles. The second-order valence-electron chi connectivity index (χ2n) is 4.09. The van der Waals surface area contributed by atoms with Crippen molar-refractivity contribution in [2.75, 3.05) is 5.73 Å². The maximum absolute atomic E-state index is 12.3. The number of benzene rings is 2. The number of para-hydroxylation sites is 2. The van der Waals surface area contributed by atoms with Gasteiger partial charge in [0.15, 0.2) is 11.5 Å². The molecule has 0 radical (unpaired) electrons. The van der Waals surface area contributed by atoms with Crippen LogP contribution in [0.2, 0.25) is 5.02 Å². The van der Waals surface area contributed by atoms with Crippen LogP contribution in [-0.4, -0.2) is 6.36 Å². The number of alkyl halides is 3. The van der Waals surface area contributed by atoms with Gasteiger partial charge in [-0.25, -0.2) is 0 Å². The number of halogens is 4. The quantitative estimate of drug-likeness (QED) is 0.850. The van der Waals surface area contributed by atoms with Crippen LogP contribution in [0, 0.1) is 0 Å². The molecule has 2 aromatic rings. The van der Waals surface area contributed by atoms with Crippen molar-refractivity contribution in [2.24, 2.45) is 0 Å². The Morgan fingerprint density at radius 2 is 1.67 bits per heavy atom. The molecule has 2 rings (SSSR count). The lowest BCUT2D eigenvalue weighted by molar-refractivity contribution is -0.275. The van der Waals surface area contributed by atoms with Gasteiger partial charge in [-0.1, -0.05) is 29.8 Å². The van der Waals surface area contributed by atoms with E-state index in [9.17, 15) is 13.2 Å². The molecule has 3 nitrogen and oxygen atoms in total. The minimum absolute atomic E-state index is 0.0471. The number of nitrogens with two attached hydrogens (primary N) is 1. The van der Waals surface area contributed by atoms with Gasteiger partial charge in [-0.2, -0.15) is 0 Å². The Hall–Kier alpha value is -2.08. The largest absolute Gasteiger partial charge is 0.573 e. The normalized spacial score (nSPS) is 11.2. The summed E-state index contributed by atoms with van der Waals surface area (Å²) >= 11 is 5.97. The molecule has 0 saturated carbocycles. The van der Waals surface area contributed by atoms with Crippen molar-refractivity contribution < 1.29 is 22.6 Å². The van der Waals surface area contributed by atoms with Crippen molar-refractivity contribution in [3.63, 3.8) is 0 Å². The predicted molar refractivity (Wildman–Crippen MR) is 73.3 cm³/mol. The zero-order valence-corrected chi connectivity index (χ0v) is 11.4. The van der Waals surface area contributed by atoms with E-state index in [2.05, 4.69) is 4.74 Å². The topological polar surface area (TPSA) is 44.5 Å². The lowest BCUT2D eigenvalue weighted by atomic mass is 10.2. The molecule has 112 valence electrons. The van der Waals surface area contributed by atoms with E-state index in [4.69, 9.17) is 22.1 Å². The fourth-order valence-electron chi connectivity index (χ4n) is 1.66. The van der Waals surface area contributed by atoms with Gasteiger partial charge in [0.2, 0.25) is 0 Å². The van der Waals surface area contributed by atoms with E-state index in [1.54, 1.807) is 18.2 Å². The summed E-state index contributed by atoms with van der Waals surface area (Å²) in [5.41, 5.74) is 6.65. The van der Waals surface area contributed by atoms with Gasteiger partial charge in [0.1, 0.15) is 6.61 Å². The average Bonchev–Trinajstić information content (AvgIpc) is 2.38. The third-order valence-corrected chi connectivity index (χ3v) is 2.96. The van der Waals surface area contributed by atoms with Crippen molar-refractivity contribution in [3.8, 4) is 11.5 Å². The summed E-state index contributed by atoms with van der Waals surface area (Å²) in [7, 11) is 0. The van der Waals surface area contributed by atoms with Crippen LogP contribution in [0.25, 0.3) is 0 Å². The van der Waals surface area contributed by atoms with Crippen molar-refractivity contribution in [1.82, 2.24) is 0 Å². The number of hydrogen-bond donors (Lipinski definition) is 1. The molecule has 2 N–H and O–H groups in total. The van der Waals surface area contributed by atoms with Gasteiger partial charge in [-0.3, -0.25) is 0 Å². The Kier molecular flexibility index (Phi) is 4.47. The second kappa shape index (κ2) is 6.13. The summed E-state index contributed by atoms with van der Waals surface area (Å²) in [5, 5.41) is 0.379. The first-order chi connectivity index (χ1) is 9.87. The molecule has 0 unspecified atom stereocenters. The maximum atomic E-state index is 12.3. The molecular weight excluding hydrogens is 307 g/mol. The summed E-state index contributed by atoms with van der Waals surface area (Å²) < 4.78 is 46.1. The Bertz CT molecular complexity index is 612. The summed E-state index contributed by atoms with van der Waals surface area (Å²) in [4.78, 5) is 0. The standard InChI is InChI=1S/C14H11ClF3NO2/c15-10-4-3-5-11(19)9(10)8-20-12-6-1-2-7-13(12)21-14(16,17)18/h1-7H,8,19H2. The lowest BCUT2D eigenvalue weighted by Gasteiger charge is -2.15. The van der Waals surface area contributed by atoms with Crippen LogP contribution in [0.1, 0.15) is 5.56 Å². The third-order valence-electron chi connectivity index (χ3n) is 2.60. The fraction of sp³-hybridized carbons (Fsp3) is 0.143. The average molecular weight is 318 g/mol. The number of rotatable bonds is 4. The molecule has 0 aliphatic carbocycles. The van der Waals surface area contributed by atoms with E-state index >= 15 is 0 Å². The maximum Gasteiger partial charge on any atom is 0.573 e. The van der Waals surface area contributed by atoms with Crippen molar-refractivity contribution in [1.29, 1.82) is 0 Å². The van der Waals surface area contributed by atoms with Gasteiger partial charge >= 0.3 is 6.36 Å². The Balaban J connectivity index is 2.17. The number of ether oxygens (including phenoxy) is 2. The summed E-state index contributed by atoms with van der Waals surface area (Å²) in [6.45, 7) is -0.0657. The van der Waals surface area contributed by atoms with Gasteiger partial charge in [-0.05, 0) is 24.3 Å². The number of anilines is 1. The van der Waals surface area contributed by atoms with Crippen LogP contribution in [0.5, 0.6) is 11.5 Å². The number of nitrogen functional groups attached to an aromatic ring is 1. The molecule has 0 aliphatic rings. The first-order valence-corrected chi connectivity index (χ1v) is 6.25. The van der Waals surface area contributed by atoms with Gasteiger partial charge in [0.25, 0.3) is 0 Å². The lowest BCUT2D eigenvalue weighted by Crippen LogP contribution is -2.17. The molecule has 0 spiro atoms. The monoisotopic (exact) mass is 317 g/mol. The van der Waals surface area contributed by atoms with E-state index in [-0.39, 0.29) is 12.4 Å². The SMILES string of the molecule is Nc1cccc(Cl)c1COc1ccccc1OC(F)(F)F. The molecule has 0 atom stereocenters.